The van der Waals surface area contributed by atoms with Gasteiger partial charge in [-0.2, -0.15) is 0 Å². The Labute approximate surface area is 135 Å². The van der Waals surface area contributed by atoms with Gasteiger partial charge in [0.25, 0.3) is 0 Å². The molecule has 0 aromatic rings. The Kier molecular flexibility index (Phi) is 17.8. The predicted octanol–water partition coefficient (Wildman–Crippen LogP) is 5.98. The lowest BCUT2D eigenvalue weighted by molar-refractivity contribution is 0.324. The Bertz CT molecular complexity index is 266. The first-order valence-electron chi connectivity index (χ1n) is 7.44. The molecule has 0 radical (unpaired) electrons. The molecule has 0 saturated heterocycles. The van der Waals surface area contributed by atoms with Crippen molar-refractivity contribution in [1.82, 2.24) is 4.90 Å². The van der Waals surface area contributed by atoms with Crippen molar-refractivity contribution < 1.29 is 0 Å². The van der Waals surface area contributed by atoms with Gasteiger partial charge in [0.15, 0.2) is 0 Å². The van der Waals surface area contributed by atoms with Gasteiger partial charge < -0.3 is 4.90 Å². The summed E-state index contributed by atoms with van der Waals surface area (Å²) in [5.74, 6) is 0. The number of unbranched alkanes of at least 4 members (excludes halogenated alkanes) is 1. The molecule has 0 rings (SSSR count). The van der Waals surface area contributed by atoms with E-state index in [1.165, 1.54) is 47.9 Å². The lowest BCUT2D eigenvalue weighted by atomic mass is 10.2. The number of hydrogen-bond donors (Lipinski definition) is 0. The quantitative estimate of drug-likeness (QED) is 0.353. The Balaban J connectivity index is 0. The van der Waals surface area contributed by atoms with Gasteiger partial charge in [0, 0.05) is 0 Å². The molecule has 0 aromatic carbocycles. The maximum atomic E-state index is 3.71. The third-order valence-electron chi connectivity index (χ3n) is 2.61. The summed E-state index contributed by atoms with van der Waals surface area (Å²) in [5.41, 5.74) is 1.28. The van der Waals surface area contributed by atoms with Crippen LogP contribution in [0.2, 0.25) is 0 Å². The average Bonchev–Trinajstić information content (AvgIpc) is 2.38. The SMILES string of the molecule is C=C/C=C(C)/C=C(\I)CCCN(C)CCCC.CC. The minimum absolute atomic E-state index is 1.18. The first-order chi connectivity index (χ1) is 9.10. The maximum absolute atomic E-state index is 3.71. The third kappa shape index (κ3) is 15.9. The monoisotopic (exact) mass is 377 g/mol. The number of rotatable bonds is 9. The number of nitrogens with zero attached hydrogens (tertiary/aromatic N) is 1. The van der Waals surface area contributed by atoms with Crippen LogP contribution < -0.4 is 0 Å². The summed E-state index contributed by atoms with van der Waals surface area (Å²) in [7, 11) is 2.22. The van der Waals surface area contributed by atoms with Crippen molar-refractivity contribution >= 4 is 22.6 Å². The molecule has 0 atom stereocenters. The minimum Gasteiger partial charge on any atom is -0.306 e. The van der Waals surface area contributed by atoms with Crippen molar-refractivity contribution in [3.63, 3.8) is 0 Å². The third-order valence-corrected chi connectivity index (χ3v) is 3.46. The molecule has 0 saturated carbocycles. The standard InChI is InChI=1S/C15H26IN.C2H6/c1-5-7-11-17(4)12-8-10-15(16)13-14(3)9-6-2;1-2/h6,9,13H,2,5,7-8,10-12H2,1,3-4H3;1-2H3/b14-9+,15-13-;. The fraction of sp³-hybridized carbons (Fsp3) is 0.647. The van der Waals surface area contributed by atoms with Crippen molar-refractivity contribution in [2.75, 3.05) is 20.1 Å². The Morgan fingerprint density at radius 3 is 2.32 bits per heavy atom. The van der Waals surface area contributed by atoms with Crippen molar-refractivity contribution in [3.8, 4) is 0 Å². The second kappa shape index (κ2) is 16.0. The summed E-state index contributed by atoms with van der Waals surface area (Å²) in [6.07, 6.45) is 11.2. The molecule has 0 aliphatic rings. The summed E-state index contributed by atoms with van der Waals surface area (Å²) in [4.78, 5) is 2.43. The molecule has 19 heavy (non-hydrogen) atoms. The number of allylic oxidation sites excluding steroid dienone is 5. The van der Waals surface area contributed by atoms with Crippen LogP contribution in [0.1, 0.15) is 53.4 Å². The van der Waals surface area contributed by atoms with Crippen LogP contribution in [-0.2, 0) is 0 Å². The average molecular weight is 377 g/mol. The fourth-order valence-electron chi connectivity index (χ4n) is 1.61. The van der Waals surface area contributed by atoms with Gasteiger partial charge in [-0.15, -0.1) is 0 Å². The summed E-state index contributed by atoms with van der Waals surface area (Å²) in [5, 5.41) is 0. The molecule has 112 valence electrons. The molecule has 0 fully saturated rings. The molecule has 0 unspecified atom stereocenters. The molecule has 0 aromatic heterocycles. The molecule has 2 heteroatoms. The first kappa shape index (κ1) is 21.2. The summed E-state index contributed by atoms with van der Waals surface area (Å²) in [6.45, 7) is 14.5. The zero-order valence-electron chi connectivity index (χ0n) is 13.5. The summed E-state index contributed by atoms with van der Waals surface area (Å²) >= 11 is 2.44. The smallest absolute Gasteiger partial charge is 0.00185 e. The van der Waals surface area contributed by atoms with Gasteiger partial charge in [-0.3, -0.25) is 0 Å². The van der Waals surface area contributed by atoms with E-state index in [-0.39, 0.29) is 0 Å². The van der Waals surface area contributed by atoms with Gasteiger partial charge >= 0.3 is 0 Å². The minimum atomic E-state index is 1.18. The predicted molar refractivity (Wildman–Crippen MR) is 99.0 cm³/mol. The van der Waals surface area contributed by atoms with Crippen molar-refractivity contribution in [1.29, 1.82) is 0 Å². The normalized spacial score (nSPS) is 12.2. The lowest BCUT2D eigenvalue weighted by Gasteiger charge is -2.15. The highest BCUT2D eigenvalue weighted by Gasteiger charge is 1.98. The van der Waals surface area contributed by atoms with E-state index in [1.54, 1.807) is 0 Å². The van der Waals surface area contributed by atoms with E-state index < -0.39 is 0 Å². The van der Waals surface area contributed by atoms with Crippen LogP contribution in [0, 0.1) is 0 Å². The lowest BCUT2D eigenvalue weighted by Crippen LogP contribution is -2.20. The van der Waals surface area contributed by atoms with E-state index in [4.69, 9.17) is 0 Å². The van der Waals surface area contributed by atoms with E-state index in [2.05, 4.69) is 61.0 Å². The highest BCUT2D eigenvalue weighted by Crippen LogP contribution is 2.16. The van der Waals surface area contributed by atoms with Crippen LogP contribution in [0.5, 0.6) is 0 Å². The van der Waals surface area contributed by atoms with Crippen LogP contribution in [-0.4, -0.2) is 25.0 Å². The molecule has 1 nitrogen and oxygen atoms in total. The van der Waals surface area contributed by atoms with Crippen molar-refractivity contribution in [2.24, 2.45) is 0 Å². The molecular formula is C17H32IN. The molecule has 0 bridgehead atoms. The van der Waals surface area contributed by atoms with Crippen LogP contribution >= 0.6 is 22.6 Å². The highest BCUT2D eigenvalue weighted by molar-refractivity contribution is 14.1. The second-order valence-corrected chi connectivity index (χ2v) is 5.88. The van der Waals surface area contributed by atoms with E-state index in [0.29, 0.717) is 0 Å². The van der Waals surface area contributed by atoms with Gasteiger partial charge in [0.1, 0.15) is 0 Å². The Hall–Kier alpha value is -0.0900. The molecule has 0 N–H and O–H groups in total. The topological polar surface area (TPSA) is 3.24 Å². The fourth-order valence-corrected chi connectivity index (χ4v) is 2.48. The van der Waals surface area contributed by atoms with E-state index in [9.17, 15) is 0 Å². The zero-order chi connectivity index (χ0) is 15.1. The first-order valence-corrected chi connectivity index (χ1v) is 8.52. The zero-order valence-corrected chi connectivity index (χ0v) is 15.7. The van der Waals surface area contributed by atoms with Gasteiger partial charge in [0.05, 0.1) is 0 Å². The number of halogens is 1. The van der Waals surface area contributed by atoms with E-state index >= 15 is 0 Å². The molecular weight excluding hydrogens is 345 g/mol. The van der Waals surface area contributed by atoms with Gasteiger partial charge in [0.2, 0.25) is 0 Å². The molecule has 0 aliphatic heterocycles. The van der Waals surface area contributed by atoms with Crippen LogP contribution in [0.25, 0.3) is 0 Å². The molecule has 0 amide bonds. The van der Waals surface area contributed by atoms with Gasteiger partial charge in [-0.1, -0.05) is 57.6 Å². The molecule has 0 heterocycles. The van der Waals surface area contributed by atoms with E-state index in [1.807, 2.05) is 26.0 Å². The Morgan fingerprint density at radius 1 is 1.21 bits per heavy atom. The molecule has 0 spiro atoms. The van der Waals surface area contributed by atoms with Crippen LogP contribution in [0.15, 0.2) is 34.0 Å². The van der Waals surface area contributed by atoms with E-state index in [0.717, 1.165) is 0 Å². The van der Waals surface area contributed by atoms with Crippen LogP contribution in [0.3, 0.4) is 0 Å². The maximum Gasteiger partial charge on any atom is -0.00185 e. The van der Waals surface area contributed by atoms with Gasteiger partial charge in [-0.05, 0) is 72.5 Å². The van der Waals surface area contributed by atoms with Crippen molar-refractivity contribution in [3.05, 3.63) is 34.0 Å². The Morgan fingerprint density at radius 2 is 1.79 bits per heavy atom. The summed E-state index contributed by atoms with van der Waals surface area (Å²) in [6, 6.07) is 0. The summed E-state index contributed by atoms with van der Waals surface area (Å²) < 4.78 is 1.43. The molecule has 0 aliphatic carbocycles. The highest BCUT2D eigenvalue weighted by atomic mass is 127. The largest absolute Gasteiger partial charge is 0.306 e. The second-order valence-electron chi connectivity index (χ2n) is 4.50. The number of hydrogen-bond acceptors (Lipinski definition) is 1. The van der Waals surface area contributed by atoms with Crippen LogP contribution in [0.4, 0.5) is 0 Å². The van der Waals surface area contributed by atoms with Gasteiger partial charge in [-0.25, -0.2) is 0 Å². The van der Waals surface area contributed by atoms with Crippen molar-refractivity contribution in [2.45, 2.75) is 53.4 Å².